The van der Waals surface area contributed by atoms with Crippen LogP contribution in [0.4, 0.5) is 0 Å². The first-order chi connectivity index (χ1) is 9.12. The Bertz CT molecular complexity index is 676. The third-order valence-corrected chi connectivity index (χ3v) is 3.09. The Kier molecular flexibility index (Phi) is 3.89. The fourth-order valence-electron chi connectivity index (χ4n) is 1.66. The number of aryl methyl sites for hydroxylation is 1. The van der Waals surface area contributed by atoms with E-state index >= 15 is 0 Å². The smallest absolute Gasteiger partial charge is 0.345 e. The highest BCUT2D eigenvalue weighted by atomic mass is 32.2. The van der Waals surface area contributed by atoms with Crippen molar-refractivity contribution < 1.29 is 9.53 Å². The summed E-state index contributed by atoms with van der Waals surface area (Å²) in [7, 11) is 0. The average molecular weight is 282 g/mol. The maximum atomic E-state index is 12.2. The van der Waals surface area contributed by atoms with E-state index < -0.39 is 11.5 Å². The van der Waals surface area contributed by atoms with Gasteiger partial charge in [0.15, 0.2) is 0 Å². The van der Waals surface area contributed by atoms with E-state index in [1.165, 1.54) is 18.0 Å². The summed E-state index contributed by atoms with van der Waals surface area (Å²) in [5.41, 5.74) is -0.542. The quantitative estimate of drug-likeness (QED) is 0.610. The molecule has 19 heavy (non-hydrogen) atoms. The van der Waals surface area contributed by atoms with Crippen molar-refractivity contribution in [2.75, 3.05) is 12.9 Å². The minimum Gasteiger partial charge on any atom is -0.462 e. The number of aromatic nitrogens is 4. The van der Waals surface area contributed by atoms with Crippen LogP contribution in [-0.2, 0) is 11.3 Å². The van der Waals surface area contributed by atoms with E-state index in [0.29, 0.717) is 17.5 Å². The van der Waals surface area contributed by atoms with Crippen LogP contribution >= 0.6 is 11.8 Å². The first-order valence-electron chi connectivity index (χ1n) is 5.83. The number of hydrogen-bond donors (Lipinski definition) is 0. The molecule has 0 atom stereocenters. The topological polar surface area (TPSA) is 78.5 Å². The first kappa shape index (κ1) is 13.6. The third-order valence-electron chi connectivity index (χ3n) is 2.55. The lowest BCUT2D eigenvalue weighted by Gasteiger charge is -2.07. The van der Waals surface area contributed by atoms with Crippen molar-refractivity contribution in [2.24, 2.45) is 0 Å². The van der Waals surface area contributed by atoms with Gasteiger partial charge < -0.3 is 9.30 Å². The van der Waals surface area contributed by atoms with Crippen LogP contribution < -0.4 is 5.56 Å². The highest BCUT2D eigenvalue weighted by molar-refractivity contribution is 7.98. The maximum absolute atomic E-state index is 12.2. The summed E-state index contributed by atoms with van der Waals surface area (Å²) in [4.78, 5) is 28.2. The third kappa shape index (κ3) is 2.35. The van der Waals surface area contributed by atoms with E-state index in [9.17, 15) is 9.59 Å². The number of thioether (sulfide) groups is 1. The zero-order valence-electron chi connectivity index (χ0n) is 10.9. The fraction of sp³-hybridized carbons (Fsp3) is 0.455. The van der Waals surface area contributed by atoms with Crippen molar-refractivity contribution >= 4 is 23.5 Å². The van der Waals surface area contributed by atoms with Gasteiger partial charge in [-0.25, -0.2) is 4.79 Å². The highest BCUT2D eigenvalue weighted by Crippen LogP contribution is 2.10. The van der Waals surface area contributed by atoms with E-state index in [1.54, 1.807) is 11.5 Å². The first-order valence-corrected chi connectivity index (χ1v) is 7.06. The molecule has 0 spiro atoms. The molecule has 0 aliphatic heterocycles. The summed E-state index contributed by atoms with van der Waals surface area (Å²) < 4.78 is 7.71. The van der Waals surface area contributed by atoms with Crippen molar-refractivity contribution in [1.29, 1.82) is 0 Å². The number of ether oxygens (including phenoxy) is 1. The van der Waals surface area contributed by atoms with E-state index in [4.69, 9.17) is 4.74 Å². The Balaban J connectivity index is 2.70. The molecule has 2 rings (SSSR count). The largest absolute Gasteiger partial charge is 0.462 e. The number of carbonyl (C=O) groups excluding carboxylic acids is 1. The van der Waals surface area contributed by atoms with Crippen molar-refractivity contribution in [3.05, 3.63) is 22.1 Å². The molecule has 0 aromatic carbocycles. The number of carbonyl (C=O) groups is 1. The van der Waals surface area contributed by atoms with Crippen molar-refractivity contribution in [3.8, 4) is 0 Å². The Hall–Kier alpha value is -1.83. The molecule has 0 amide bonds. The van der Waals surface area contributed by atoms with Gasteiger partial charge in [0.25, 0.3) is 5.56 Å². The maximum Gasteiger partial charge on any atom is 0.345 e. The molecular weight excluding hydrogens is 268 g/mol. The van der Waals surface area contributed by atoms with E-state index in [1.807, 2.05) is 13.2 Å². The Morgan fingerprint density at radius 1 is 1.47 bits per heavy atom. The van der Waals surface area contributed by atoms with E-state index in [0.717, 1.165) is 4.52 Å². The van der Waals surface area contributed by atoms with E-state index in [2.05, 4.69) is 10.1 Å². The van der Waals surface area contributed by atoms with Crippen LogP contribution in [0.5, 0.6) is 0 Å². The van der Waals surface area contributed by atoms with Crippen molar-refractivity contribution in [2.45, 2.75) is 25.5 Å². The van der Waals surface area contributed by atoms with Crippen LogP contribution in [-0.4, -0.2) is 38.0 Å². The molecule has 102 valence electrons. The predicted octanol–water partition coefficient (Wildman–Crippen LogP) is 0.809. The van der Waals surface area contributed by atoms with Crippen LogP contribution in [0.15, 0.2) is 16.1 Å². The lowest BCUT2D eigenvalue weighted by Crippen LogP contribution is -2.27. The molecule has 0 bridgehead atoms. The molecular formula is C11H14N4O3S. The van der Waals surface area contributed by atoms with Crippen molar-refractivity contribution in [3.63, 3.8) is 0 Å². The monoisotopic (exact) mass is 282 g/mol. The molecule has 2 heterocycles. The molecule has 7 nitrogen and oxygen atoms in total. The van der Waals surface area contributed by atoms with Crippen molar-refractivity contribution in [1.82, 2.24) is 19.2 Å². The van der Waals surface area contributed by atoms with Gasteiger partial charge in [-0.15, -0.1) is 5.10 Å². The second kappa shape index (κ2) is 5.43. The lowest BCUT2D eigenvalue weighted by atomic mass is 10.3. The van der Waals surface area contributed by atoms with Gasteiger partial charge in [-0.2, -0.15) is 9.50 Å². The molecule has 0 fully saturated rings. The summed E-state index contributed by atoms with van der Waals surface area (Å²) in [5, 5.41) is 4.56. The van der Waals surface area contributed by atoms with Gasteiger partial charge in [-0.1, -0.05) is 11.8 Å². The molecule has 0 N–H and O–H groups in total. The lowest BCUT2D eigenvalue weighted by molar-refractivity contribution is 0.0523. The number of esters is 1. The molecule has 8 heteroatoms. The van der Waals surface area contributed by atoms with Crippen LogP contribution in [0.1, 0.15) is 24.2 Å². The Labute approximate surface area is 113 Å². The van der Waals surface area contributed by atoms with Gasteiger partial charge >= 0.3 is 5.97 Å². The summed E-state index contributed by atoms with van der Waals surface area (Å²) in [5.74, 6) is -0.220. The molecule has 0 saturated carbocycles. The molecule has 0 aliphatic carbocycles. The summed E-state index contributed by atoms with van der Waals surface area (Å²) in [6.07, 6.45) is 3.29. The Morgan fingerprint density at radius 3 is 2.79 bits per heavy atom. The standard InChI is InChI=1S/C11H14N4O3S/c1-4-14-6-7(9(17)18-5-2)8(16)15-11(14)12-10(13-15)19-3/h6H,4-5H2,1-3H3. The zero-order valence-corrected chi connectivity index (χ0v) is 11.7. The minimum atomic E-state index is -0.641. The van der Waals surface area contributed by atoms with Gasteiger partial charge in [-0.05, 0) is 20.1 Å². The SMILES string of the molecule is CCOC(=O)c1cn(CC)c2nc(SC)nn2c1=O. The molecule has 0 radical (unpaired) electrons. The summed E-state index contributed by atoms with van der Waals surface area (Å²) in [6.45, 7) is 4.38. The second-order valence-corrected chi connectivity index (χ2v) is 4.44. The van der Waals surface area contributed by atoms with E-state index in [-0.39, 0.29) is 12.2 Å². The van der Waals surface area contributed by atoms with Gasteiger partial charge in [0.1, 0.15) is 5.56 Å². The number of hydrogen-bond acceptors (Lipinski definition) is 6. The predicted molar refractivity (Wildman–Crippen MR) is 70.7 cm³/mol. The van der Waals surface area contributed by atoms with Gasteiger partial charge in [-0.3, -0.25) is 4.79 Å². The number of fused-ring (bicyclic) bond motifs is 1. The van der Waals surface area contributed by atoms with Crippen LogP contribution in [0.3, 0.4) is 0 Å². The molecule has 2 aromatic rings. The Morgan fingerprint density at radius 2 is 2.21 bits per heavy atom. The number of nitrogens with zero attached hydrogens (tertiary/aromatic N) is 4. The molecule has 0 aliphatic rings. The van der Waals surface area contributed by atoms with Gasteiger partial charge in [0.05, 0.1) is 6.61 Å². The van der Waals surface area contributed by atoms with Gasteiger partial charge in [0, 0.05) is 12.7 Å². The fourth-order valence-corrected chi connectivity index (χ4v) is 1.99. The number of rotatable bonds is 4. The molecule has 0 saturated heterocycles. The van der Waals surface area contributed by atoms with Crippen LogP contribution in [0.25, 0.3) is 5.78 Å². The minimum absolute atomic E-state index is 0.0336. The van der Waals surface area contributed by atoms with Crippen LogP contribution in [0, 0.1) is 0 Å². The highest BCUT2D eigenvalue weighted by Gasteiger charge is 2.18. The second-order valence-electron chi connectivity index (χ2n) is 3.66. The molecule has 0 unspecified atom stereocenters. The summed E-state index contributed by atoms with van der Waals surface area (Å²) in [6, 6.07) is 0. The molecule has 2 aromatic heterocycles. The summed E-state index contributed by atoms with van der Waals surface area (Å²) >= 11 is 1.34. The van der Waals surface area contributed by atoms with Gasteiger partial charge in [0.2, 0.25) is 10.9 Å². The zero-order chi connectivity index (χ0) is 14.0. The normalized spacial score (nSPS) is 10.9. The average Bonchev–Trinajstić information content (AvgIpc) is 2.84. The van der Waals surface area contributed by atoms with Crippen LogP contribution in [0.2, 0.25) is 0 Å².